The van der Waals surface area contributed by atoms with Crippen molar-refractivity contribution in [3.63, 3.8) is 0 Å². The van der Waals surface area contributed by atoms with Crippen molar-refractivity contribution in [1.29, 1.82) is 0 Å². The van der Waals surface area contributed by atoms with Gasteiger partial charge in [-0.1, -0.05) is 12.1 Å². The third-order valence-corrected chi connectivity index (χ3v) is 3.26. The molecule has 3 rings (SSSR count). The van der Waals surface area contributed by atoms with Gasteiger partial charge in [0.25, 0.3) is 0 Å². The minimum absolute atomic E-state index is 0.732. The summed E-state index contributed by atoms with van der Waals surface area (Å²) in [4.78, 5) is 3.89. The van der Waals surface area contributed by atoms with Crippen molar-refractivity contribution < 1.29 is 0 Å². The molecule has 17 heavy (non-hydrogen) atoms. The summed E-state index contributed by atoms with van der Waals surface area (Å²) in [5.74, 6) is 0.732. The lowest BCUT2D eigenvalue weighted by molar-refractivity contribution is 0.716. The highest BCUT2D eigenvalue weighted by atomic mass is 15.3. The van der Waals surface area contributed by atoms with Crippen LogP contribution in [0.25, 0.3) is 11.3 Å². The van der Waals surface area contributed by atoms with Gasteiger partial charge in [-0.2, -0.15) is 5.10 Å². The zero-order chi connectivity index (χ0) is 11.8. The second-order valence-electron chi connectivity index (χ2n) is 4.56. The lowest BCUT2D eigenvalue weighted by Crippen LogP contribution is -1.95. The highest BCUT2D eigenvalue weighted by Gasteiger charge is 2.27. The number of aromatic nitrogens is 2. The molecule has 2 aromatic rings. The quantitative estimate of drug-likeness (QED) is 0.737. The minimum atomic E-state index is 0.732. The Morgan fingerprint density at radius 1 is 1.29 bits per heavy atom. The van der Waals surface area contributed by atoms with Crippen molar-refractivity contribution in [3.8, 4) is 11.3 Å². The van der Waals surface area contributed by atoms with Crippen LogP contribution in [-0.2, 0) is 7.05 Å². The Kier molecular flexibility index (Phi) is 2.32. The summed E-state index contributed by atoms with van der Waals surface area (Å²) < 4.78 is 2.01. The SMILES string of the molecule is C=Nc1ccc(-c2cc(C3CC3)n(C)n2)cc1. The Bertz CT molecular complexity index is 547. The topological polar surface area (TPSA) is 30.2 Å². The van der Waals surface area contributed by atoms with Gasteiger partial charge in [0.15, 0.2) is 0 Å². The smallest absolute Gasteiger partial charge is 0.0926 e. The monoisotopic (exact) mass is 225 g/mol. The summed E-state index contributed by atoms with van der Waals surface area (Å²) in [5, 5.41) is 4.57. The molecule has 1 aliphatic rings. The van der Waals surface area contributed by atoms with E-state index in [2.05, 4.69) is 22.9 Å². The van der Waals surface area contributed by atoms with E-state index in [1.807, 2.05) is 36.0 Å². The molecule has 0 N–H and O–H groups in total. The van der Waals surface area contributed by atoms with Crippen LogP contribution in [0.4, 0.5) is 5.69 Å². The highest BCUT2D eigenvalue weighted by Crippen LogP contribution is 2.40. The third-order valence-electron chi connectivity index (χ3n) is 3.26. The number of hydrogen-bond donors (Lipinski definition) is 0. The predicted octanol–water partition coefficient (Wildman–Crippen LogP) is 3.30. The Morgan fingerprint density at radius 3 is 2.59 bits per heavy atom. The van der Waals surface area contributed by atoms with Gasteiger partial charge in [-0.05, 0) is 37.8 Å². The average Bonchev–Trinajstić information content (AvgIpc) is 3.13. The maximum atomic E-state index is 4.57. The summed E-state index contributed by atoms with van der Waals surface area (Å²) in [7, 11) is 2.02. The standard InChI is InChI=1S/C14H15N3/c1-15-12-7-5-10(6-8-12)13-9-14(11-3-4-11)17(2)16-13/h5-9,11H,1,3-4H2,2H3. The molecule has 0 radical (unpaired) electrons. The Balaban J connectivity index is 1.96. The second-order valence-corrected chi connectivity index (χ2v) is 4.56. The van der Waals surface area contributed by atoms with Gasteiger partial charge in [-0.3, -0.25) is 9.67 Å². The van der Waals surface area contributed by atoms with Crippen molar-refractivity contribution in [2.24, 2.45) is 12.0 Å². The van der Waals surface area contributed by atoms with E-state index >= 15 is 0 Å². The van der Waals surface area contributed by atoms with E-state index in [9.17, 15) is 0 Å². The van der Waals surface area contributed by atoms with E-state index in [0.29, 0.717) is 0 Å². The van der Waals surface area contributed by atoms with E-state index in [4.69, 9.17) is 0 Å². The van der Waals surface area contributed by atoms with Crippen LogP contribution in [-0.4, -0.2) is 16.5 Å². The molecule has 0 saturated heterocycles. The molecule has 3 heteroatoms. The first-order valence-electron chi connectivity index (χ1n) is 5.89. The zero-order valence-electron chi connectivity index (χ0n) is 9.93. The number of rotatable bonds is 3. The first-order chi connectivity index (χ1) is 8.28. The molecule has 0 unspecified atom stereocenters. The van der Waals surface area contributed by atoms with Gasteiger partial charge < -0.3 is 0 Å². The van der Waals surface area contributed by atoms with Gasteiger partial charge in [-0.25, -0.2) is 0 Å². The van der Waals surface area contributed by atoms with E-state index in [0.717, 1.165) is 22.9 Å². The van der Waals surface area contributed by atoms with E-state index in [1.54, 1.807) is 0 Å². The Morgan fingerprint density at radius 2 is 2.00 bits per heavy atom. The maximum Gasteiger partial charge on any atom is 0.0926 e. The molecular formula is C14H15N3. The molecule has 1 aromatic heterocycles. The van der Waals surface area contributed by atoms with Gasteiger partial charge in [0, 0.05) is 24.2 Å². The zero-order valence-corrected chi connectivity index (χ0v) is 9.93. The average molecular weight is 225 g/mol. The van der Waals surface area contributed by atoms with Crippen molar-refractivity contribution in [2.45, 2.75) is 18.8 Å². The number of aryl methyl sites for hydroxylation is 1. The maximum absolute atomic E-state index is 4.57. The van der Waals surface area contributed by atoms with Crippen LogP contribution in [0.15, 0.2) is 35.3 Å². The van der Waals surface area contributed by atoms with Gasteiger partial charge in [0.2, 0.25) is 0 Å². The molecule has 1 fully saturated rings. The molecule has 0 aliphatic heterocycles. The van der Waals surface area contributed by atoms with Crippen LogP contribution in [0.1, 0.15) is 24.5 Å². The van der Waals surface area contributed by atoms with E-state index in [1.165, 1.54) is 18.5 Å². The van der Waals surface area contributed by atoms with Crippen molar-refractivity contribution in [2.75, 3.05) is 0 Å². The van der Waals surface area contributed by atoms with E-state index in [-0.39, 0.29) is 0 Å². The molecule has 1 saturated carbocycles. The summed E-state index contributed by atoms with van der Waals surface area (Å²) >= 11 is 0. The Labute approximate surface area is 101 Å². The van der Waals surface area contributed by atoms with Gasteiger partial charge in [0.1, 0.15) is 0 Å². The van der Waals surface area contributed by atoms with Crippen molar-refractivity contribution in [1.82, 2.24) is 9.78 Å². The molecule has 0 spiro atoms. The lowest BCUT2D eigenvalue weighted by atomic mass is 10.1. The molecule has 1 aromatic carbocycles. The lowest BCUT2D eigenvalue weighted by Gasteiger charge is -1.96. The molecule has 0 amide bonds. The number of hydrogen-bond acceptors (Lipinski definition) is 2. The number of nitrogens with zero attached hydrogens (tertiary/aromatic N) is 3. The summed E-state index contributed by atoms with van der Waals surface area (Å²) in [6.45, 7) is 3.51. The summed E-state index contributed by atoms with van der Waals surface area (Å²) in [5.41, 5.74) is 4.43. The molecule has 3 nitrogen and oxygen atoms in total. The van der Waals surface area contributed by atoms with Gasteiger partial charge in [-0.15, -0.1) is 0 Å². The van der Waals surface area contributed by atoms with Gasteiger partial charge >= 0.3 is 0 Å². The normalized spacial score (nSPS) is 14.9. The fourth-order valence-corrected chi connectivity index (χ4v) is 2.12. The molecule has 86 valence electrons. The first kappa shape index (κ1) is 10.3. The van der Waals surface area contributed by atoms with Crippen LogP contribution >= 0.6 is 0 Å². The largest absolute Gasteiger partial charge is 0.272 e. The van der Waals surface area contributed by atoms with Crippen LogP contribution in [0.5, 0.6) is 0 Å². The molecule has 1 heterocycles. The first-order valence-corrected chi connectivity index (χ1v) is 5.89. The molecular weight excluding hydrogens is 210 g/mol. The Hall–Kier alpha value is -1.90. The number of benzene rings is 1. The van der Waals surface area contributed by atoms with Crippen LogP contribution in [0, 0.1) is 0 Å². The minimum Gasteiger partial charge on any atom is -0.272 e. The van der Waals surface area contributed by atoms with Gasteiger partial charge in [0.05, 0.1) is 11.4 Å². The second kappa shape index (κ2) is 3.84. The highest BCUT2D eigenvalue weighted by molar-refractivity contribution is 5.63. The van der Waals surface area contributed by atoms with Crippen molar-refractivity contribution >= 4 is 12.4 Å². The fraction of sp³-hybridized carbons (Fsp3) is 0.286. The van der Waals surface area contributed by atoms with Crippen molar-refractivity contribution in [3.05, 3.63) is 36.0 Å². The molecule has 0 atom stereocenters. The summed E-state index contributed by atoms with van der Waals surface area (Å²) in [6.07, 6.45) is 2.61. The predicted molar refractivity (Wildman–Crippen MR) is 69.8 cm³/mol. The molecule has 0 bridgehead atoms. The third kappa shape index (κ3) is 1.88. The van der Waals surface area contributed by atoms with Crippen LogP contribution in [0.3, 0.4) is 0 Å². The summed E-state index contributed by atoms with van der Waals surface area (Å²) in [6, 6.07) is 10.2. The van der Waals surface area contributed by atoms with Crippen LogP contribution in [0.2, 0.25) is 0 Å². The fourth-order valence-electron chi connectivity index (χ4n) is 2.12. The van der Waals surface area contributed by atoms with E-state index < -0.39 is 0 Å². The van der Waals surface area contributed by atoms with Crippen LogP contribution < -0.4 is 0 Å². The molecule has 1 aliphatic carbocycles. The number of aliphatic imine (C=N–C) groups is 1.